The second kappa shape index (κ2) is 3.90. The Morgan fingerprint density at radius 3 is 2.46 bits per heavy atom. The van der Waals surface area contributed by atoms with E-state index in [4.69, 9.17) is 9.84 Å². The van der Waals surface area contributed by atoms with Gasteiger partial charge in [-0.25, -0.2) is 4.39 Å². The first-order chi connectivity index (χ1) is 6.31. The summed E-state index contributed by atoms with van der Waals surface area (Å²) in [4.78, 5) is 2.14. The van der Waals surface area contributed by atoms with Crippen LogP contribution in [0.3, 0.4) is 0 Å². The lowest BCUT2D eigenvalue weighted by Gasteiger charge is -2.43. The van der Waals surface area contributed by atoms with Crippen LogP contribution >= 0.6 is 0 Å². The van der Waals surface area contributed by atoms with Gasteiger partial charge < -0.3 is 9.84 Å². The summed E-state index contributed by atoms with van der Waals surface area (Å²) in [7, 11) is 0. The predicted octanol–water partition coefficient (Wildman–Crippen LogP) is 0.385. The minimum absolute atomic E-state index is 0.0142. The van der Waals surface area contributed by atoms with Crippen LogP contribution in [0.4, 0.5) is 4.39 Å². The lowest BCUT2D eigenvalue weighted by atomic mass is 9.96. The lowest BCUT2D eigenvalue weighted by molar-refractivity contribution is -0.202. The van der Waals surface area contributed by atoms with Gasteiger partial charge in [-0.1, -0.05) is 0 Å². The molecule has 0 aliphatic carbocycles. The average molecular weight is 189 g/mol. The van der Waals surface area contributed by atoms with Gasteiger partial charge in [0.25, 0.3) is 0 Å². The van der Waals surface area contributed by atoms with Crippen molar-refractivity contribution in [1.29, 1.82) is 0 Å². The van der Waals surface area contributed by atoms with Crippen molar-refractivity contribution in [3.63, 3.8) is 0 Å². The molecule has 2 rings (SSSR count). The quantitative estimate of drug-likeness (QED) is 0.682. The second-order valence-electron chi connectivity index (χ2n) is 3.91. The van der Waals surface area contributed by atoms with Crippen molar-refractivity contribution < 1.29 is 14.2 Å². The van der Waals surface area contributed by atoms with Gasteiger partial charge in [-0.05, 0) is 31.8 Å². The molecule has 2 heterocycles. The number of hydrogen-bond acceptors (Lipinski definition) is 3. The van der Waals surface area contributed by atoms with E-state index >= 15 is 0 Å². The van der Waals surface area contributed by atoms with Crippen molar-refractivity contribution in [2.45, 2.75) is 25.2 Å². The van der Waals surface area contributed by atoms with Crippen molar-refractivity contribution in [1.82, 2.24) is 4.90 Å². The Labute approximate surface area is 77.5 Å². The monoisotopic (exact) mass is 189 g/mol. The van der Waals surface area contributed by atoms with Crippen LogP contribution in [0.25, 0.3) is 0 Å². The summed E-state index contributed by atoms with van der Waals surface area (Å²) in [6.45, 7) is 2.61. The molecule has 2 saturated heterocycles. The molecule has 0 spiro atoms. The third kappa shape index (κ3) is 1.85. The fraction of sp³-hybridized carbons (Fsp3) is 1.00. The number of ether oxygens (including phenoxy) is 1. The Balaban J connectivity index is 1.77. The van der Waals surface area contributed by atoms with E-state index in [1.807, 2.05) is 0 Å². The molecule has 4 heteroatoms. The van der Waals surface area contributed by atoms with Gasteiger partial charge in [-0.15, -0.1) is 0 Å². The summed E-state index contributed by atoms with van der Waals surface area (Å²) in [6, 6.07) is -0.0142. The average Bonchev–Trinajstić information content (AvgIpc) is 2.17. The minimum atomic E-state index is -1.08. The van der Waals surface area contributed by atoms with Crippen LogP contribution < -0.4 is 0 Å². The molecule has 2 aliphatic rings. The minimum Gasteiger partial charge on any atom is -0.396 e. The Kier molecular flexibility index (Phi) is 2.81. The molecule has 76 valence electrons. The third-order valence-corrected chi connectivity index (χ3v) is 3.11. The number of hydrogen-bond donors (Lipinski definition) is 1. The first-order valence-electron chi connectivity index (χ1n) is 4.92. The van der Waals surface area contributed by atoms with Crippen molar-refractivity contribution in [2.24, 2.45) is 5.92 Å². The summed E-state index contributed by atoms with van der Waals surface area (Å²) in [5, 5.41) is 8.92. The van der Waals surface area contributed by atoms with Gasteiger partial charge in [0.2, 0.25) is 6.36 Å². The lowest BCUT2D eigenvalue weighted by Crippen LogP contribution is -2.56. The zero-order valence-corrected chi connectivity index (χ0v) is 7.66. The highest BCUT2D eigenvalue weighted by Gasteiger charge is 2.38. The fourth-order valence-corrected chi connectivity index (χ4v) is 1.99. The molecular weight excluding hydrogens is 173 g/mol. The summed E-state index contributed by atoms with van der Waals surface area (Å²) < 4.78 is 17.5. The van der Waals surface area contributed by atoms with Gasteiger partial charge in [0.05, 0.1) is 12.6 Å². The first kappa shape index (κ1) is 9.37. The molecule has 2 fully saturated rings. The van der Waals surface area contributed by atoms with Crippen molar-refractivity contribution in [2.75, 3.05) is 26.3 Å². The van der Waals surface area contributed by atoms with Crippen LogP contribution in [-0.4, -0.2) is 48.7 Å². The Bertz CT molecular complexity index is 171. The van der Waals surface area contributed by atoms with Crippen LogP contribution in [0.2, 0.25) is 0 Å². The van der Waals surface area contributed by atoms with Crippen molar-refractivity contribution >= 4 is 0 Å². The topological polar surface area (TPSA) is 32.7 Å². The van der Waals surface area contributed by atoms with Crippen LogP contribution in [0.15, 0.2) is 0 Å². The molecule has 3 nitrogen and oxygen atoms in total. The number of rotatable bonds is 2. The number of aliphatic hydroxyl groups is 1. The number of alkyl halides is 1. The molecule has 2 unspecified atom stereocenters. The molecule has 0 amide bonds. The normalized spacial score (nSPS) is 37.4. The van der Waals surface area contributed by atoms with E-state index in [0.717, 1.165) is 25.9 Å². The molecule has 0 saturated carbocycles. The smallest absolute Gasteiger partial charge is 0.216 e. The fourth-order valence-electron chi connectivity index (χ4n) is 1.99. The number of piperidine rings is 1. The molecule has 0 radical (unpaired) electrons. The van der Waals surface area contributed by atoms with Crippen LogP contribution in [-0.2, 0) is 4.74 Å². The van der Waals surface area contributed by atoms with Gasteiger partial charge >= 0.3 is 0 Å². The highest BCUT2D eigenvalue weighted by molar-refractivity contribution is 4.84. The van der Waals surface area contributed by atoms with E-state index in [2.05, 4.69) is 4.90 Å². The third-order valence-electron chi connectivity index (χ3n) is 3.11. The highest BCUT2D eigenvalue weighted by Crippen LogP contribution is 2.25. The number of nitrogens with zero attached hydrogens (tertiary/aromatic N) is 1. The maximum absolute atomic E-state index is 12.8. The standard InChI is InChI=1S/C9H16FNO2/c10-9-8(6-13-9)11-3-1-7(5-12)2-4-11/h7-9,12H,1-6H2. The van der Waals surface area contributed by atoms with E-state index in [1.54, 1.807) is 0 Å². The highest BCUT2D eigenvalue weighted by atomic mass is 19.1. The van der Waals surface area contributed by atoms with E-state index in [1.165, 1.54) is 0 Å². The molecule has 2 atom stereocenters. The van der Waals surface area contributed by atoms with E-state index < -0.39 is 6.36 Å². The molecular formula is C9H16FNO2. The van der Waals surface area contributed by atoms with Gasteiger partial charge in [0.1, 0.15) is 0 Å². The Hall–Kier alpha value is -0.190. The van der Waals surface area contributed by atoms with Crippen molar-refractivity contribution in [3.8, 4) is 0 Å². The predicted molar refractivity (Wildman–Crippen MR) is 46.0 cm³/mol. The van der Waals surface area contributed by atoms with Crippen LogP contribution in [0.1, 0.15) is 12.8 Å². The largest absolute Gasteiger partial charge is 0.396 e. The number of aliphatic hydroxyl groups excluding tert-OH is 1. The maximum atomic E-state index is 12.8. The van der Waals surface area contributed by atoms with Crippen LogP contribution in [0.5, 0.6) is 0 Å². The zero-order chi connectivity index (χ0) is 9.26. The summed E-state index contributed by atoms with van der Waals surface area (Å²) in [5.74, 6) is 0.426. The van der Waals surface area contributed by atoms with Crippen LogP contribution in [0, 0.1) is 5.92 Å². The van der Waals surface area contributed by atoms with E-state index in [9.17, 15) is 4.39 Å². The molecule has 1 N–H and O–H groups in total. The first-order valence-corrected chi connectivity index (χ1v) is 4.92. The zero-order valence-electron chi connectivity index (χ0n) is 7.66. The van der Waals surface area contributed by atoms with Gasteiger partial charge in [-0.2, -0.15) is 0 Å². The van der Waals surface area contributed by atoms with Gasteiger partial charge in [0.15, 0.2) is 0 Å². The Morgan fingerprint density at radius 1 is 1.38 bits per heavy atom. The molecule has 2 aliphatic heterocycles. The maximum Gasteiger partial charge on any atom is 0.216 e. The van der Waals surface area contributed by atoms with E-state index in [0.29, 0.717) is 12.5 Å². The molecule has 13 heavy (non-hydrogen) atoms. The summed E-state index contributed by atoms with van der Waals surface area (Å²) in [5.41, 5.74) is 0. The second-order valence-corrected chi connectivity index (χ2v) is 3.91. The van der Waals surface area contributed by atoms with Gasteiger partial charge in [-0.3, -0.25) is 4.90 Å². The van der Waals surface area contributed by atoms with Crippen molar-refractivity contribution in [3.05, 3.63) is 0 Å². The molecule has 0 aromatic rings. The SMILES string of the molecule is OCC1CCN(C2COC2F)CC1. The number of likely N-dealkylation sites (tertiary alicyclic amines) is 1. The van der Waals surface area contributed by atoms with Gasteiger partial charge in [0, 0.05) is 6.61 Å². The summed E-state index contributed by atoms with van der Waals surface area (Å²) in [6.07, 6.45) is 0.894. The molecule has 0 aromatic carbocycles. The Morgan fingerprint density at radius 2 is 2.08 bits per heavy atom. The van der Waals surface area contributed by atoms with E-state index in [-0.39, 0.29) is 12.6 Å². The molecule has 0 aromatic heterocycles. The summed E-state index contributed by atoms with van der Waals surface area (Å²) >= 11 is 0. The number of halogens is 1. The molecule has 0 bridgehead atoms.